The zero-order chi connectivity index (χ0) is 10.8. The van der Waals surface area contributed by atoms with Gasteiger partial charge in [0.1, 0.15) is 5.82 Å². The SMILES string of the molecule is CC(C)c1cnsc1-c1ccc(F)cc1. The molecule has 0 radical (unpaired) electrons. The first-order chi connectivity index (χ1) is 7.18. The van der Waals surface area contributed by atoms with Crippen LogP contribution in [0.2, 0.25) is 0 Å². The summed E-state index contributed by atoms with van der Waals surface area (Å²) in [7, 11) is 0. The Kier molecular flexibility index (Phi) is 2.82. The van der Waals surface area contributed by atoms with Crippen LogP contribution in [0.15, 0.2) is 30.5 Å². The van der Waals surface area contributed by atoms with Gasteiger partial charge in [-0.15, -0.1) is 0 Å². The van der Waals surface area contributed by atoms with Gasteiger partial charge in [-0.1, -0.05) is 26.0 Å². The van der Waals surface area contributed by atoms with Crippen LogP contribution in [-0.2, 0) is 0 Å². The molecule has 0 aliphatic carbocycles. The van der Waals surface area contributed by atoms with Crippen molar-refractivity contribution in [3.8, 4) is 10.4 Å². The second-order valence-electron chi connectivity index (χ2n) is 3.77. The molecule has 3 heteroatoms. The van der Waals surface area contributed by atoms with E-state index in [0.717, 1.165) is 10.4 Å². The quantitative estimate of drug-likeness (QED) is 0.744. The van der Waals surface area contributed by atoms with Crippen LogP contribution in [0, 0.1) is 5.82 Å². The van der Waals surface area contributed by atoms with Gasteiger partial charge in [-0.25, -0.2) is 8.76 Å². The van der Waals surface area contributed by atoms with Crippen LogP contribution in [0.5, 0.6) is 0 Å². The maximum absolute atomic E-state index is 12.8. The molecular formula is C12H12FNS. The Hall–Kier alpha value is -1.22. The van der Waals surface area contributed by atoms with Gasteiger partial charge in [-0.2, -0.15) is 0 Å². The second-order valence-corrected chi connectivity index (χ2v) is 4.57. The summed E-state index contributed by atoms with van der Waals surface area (Å²) < 4.78 is 17.0. The average molecular weight is 221 g/mol. The van der Waals surface area contributed by atoms with E-state index in [-0.39, 0.29) is 5.82 Å². The van der Waals surface area contributed by atoms with Crippen molar-refractivity contribution in [2.75, 3.05) is 0 Å². The monoisotopic (exact) mass is 221 g/mol. The molecule has 1 heterocycles. The highest BCUT2D eigenvalue weighted by Crippen LogP contribution is 2.32. The molecule has 1 nitrogen and oxygen atoms in total. The van der Waals surface area contributed by atoms with E-state index in [9.17, 15) is 4.39 Å². The Bertz CT molecular complexity index is 445. The van der Waals surface area contributed by atoms with E-state index >= 15 is 0 Å². The molecule has 0 amide bonds. The Labute approximate surface area is 92.7 Å². The number of nitrogens with zero attached hydrogens (tertiary/aromatic N) is 1. The Morgan fingerprint density at radius 1 is 1.20 bits per heavy atom. The van der Waals surface area contributed by atoms with Crippen LogP contribution in [0.4, 0.5) is 4.39 Å². The predicted octanol–water partition coefficient (Wildman–Crippen LogP) is 4.07. The summed E-state index contributed by atoms with van der Waals surface area (Å²) in [5.74, 6) is 0.248. The molecule has 2 aromatic rings. The van der Waals surface area contributed by atoms with Gasteiger partial charge in [-0.05, 0) is 40.7 Å². The minimum atomic E-state index is -0.200. The lowest BCUT2D eigenvalue weighted by Gasteiger charge is -2.05. The Morgan fingerprint density at radius 3 is 2.47 bits per heavy atom. The first-order valence-corrected chi connectivity index (χ1v) is 5.66. The van der Waals surface area contributed by atoms with Crippen molar-refractivity contribution in [1.29, 1.82) is 0 Å². The van der Waals surface area contributed by atoms with Crippen LogP contribution in [0.1, 0.15) is 25.3 Å². The topological polar surface area (TPSA) is 12.9 Å². The number of benzene rings is 1. The fraction of sp³-hybridized carbons (Fsp3) is 0.250. The number of hydrogen-bond acceptors (Lipinski definition) is 2. The third kappa shape index (κ3) is 2.07. The van der Waals surface area contributed by atoms with Crippen molar-refractivity contribution in [2.24, 2.45) is 0 Å². The lowest BCUT2D eigenvalue weighted by molar-refractivity contribution is 0.628. The molecule has 1 aromatic heterocycles. The van der Waals surface area contributed by atoms with Gasteiger partial charge in [-0.3, -0.25) is 0 Å². The fourth-order valence-electron chi connectivity index (χ4n) is 1.48. The van der Waals surface area contributed by atoms with Crippen LogP contribution >= 0.6 is 11.5 Å². The molecule has 0 aliphatic rings. The summed E-state index contributed by atoms with van der Waals surface area (Å²) >= 11 is 1.46. The molecule has 0 saturated heterocycles. The lowest BCUT2D eigenvalue weighted by atomic mass is 10.0. The van der Waals surface area contributed by atoms with E-state index in [2.05, 4.69) is 18.2 Å². The van der Waals surface area contributed by atoms with E-state index in [1.807, 2.05) is 6.20 Å². The average Bonchev–Trinajstić information content (AvgIpc) is 2.67. The second kappa shape index (κ2) is 4.11. The maximum atomic E-state index is 12.8. The molecular weight excluding hydrogens is 209 g/mol. The molecule has 0 spiro atoms. The van der Waals surface area contributed by atoms with Gasteiger partial charge in [0.15, 0.2) is 0 Å². The fourth-order valence-corrected chi connectivity index (χ4v) is 2.39. The summed E-state index contributed by atoms with van der Waals surface area (Å²) in [4.78, 5) is 1.14. The van der Waals surface area contributed by atoms with Crippen molar-refractivity contribution in [1.82, 2.24) is 4.37 Å². The van der Waals surface area contributed by atoms with Gasteiger partial charge in [0.25, 0.3) is 0 Å². The highest BCUT2D eigenvalue weighted by Gasteiger charge is 2.10. The summed E-state index contributed by atoms with van der Waals surface area (Å²) in [6.45, 7) is 4.27. The van der Waals surface area contributed by atoms with Crippen LogP contribution in [0.25, 0.3) is 10.4 Å². The molecule has 0 unspecified atom stereocenters. The van der Waals surface area contributed by atoms with Crippen molar-refractivity contribution in [3.63, 3.8) is 0 Å². The minimum absolute atomic E-state index is 0.200. The largest absolute Gasteiger partial charge is 0.207 e. The Balaban J connectivity index is 2.45. The van der Waals surface area contributed by atoms with Crippen LogP contribution in [-0.4, -0.2) is 4.37 Å². The van der Waals surface area contributed by atoms with Gasteiger partial charge < -0.3 is 0 Å². The van der Waals surface area contributed by atoms with E-state index in [1.54, 1.807) is 12.1 Å². The van der Waals surface area contributed by atoms with E-state index in [1.165, 1.54) is 29.2 Å². The van der Waals surface area contributed by atoms with Crippen LogP contribution < -0.4 is 0 Å². The zero-order valence-electron chi connectivity index (χ0n) is 8.70. The van der Waals surface area contributed by atoms with E-state index in [4.69, 9.17) is 0 Å². The molecule has 0 fully saturated rings. The zero-order valence-corrected chi connectivity index (χ0v) is 9.51. The third-order valence-electron chi connectivity index (χ3n) is 2.33. The highest BCUT2D eigenvalue weighted by atomic mass is 32.1. The van der Waals surface area contributed by atoms with Crippen molar-refractivity contribution >= 4 is 11.5 Å². The number of hydrogen-bond donors (Lipinski definition) is 0. The third-order valence-corrected chi connectivity index (χ3v) is 3.19. The highest BCUT2D eigenvalue weighted by molar-refractivity contribution is 7.09. The van der Waals surface area contributed by atoms with Crippen molar-refractivity contribution < 1.29 is 4.39 Å². The molecule has 2 rings (SSSR count). The van der Waals surface area contributed by atoms with Crippen LogP contribution in [0.3, 0.4) is 0 Å². The molecule has 1 aromatic carbocycles. The summed E-state index contributed by atoms with van der Waals surface area (Å²) in [5, 5.41) is 0. The molecule has 15 heavy (non-hydrogen) atoms. The number of aromatic nitrogens is 1. The standard InChI is InChI=1S/C12H12FNS/c1-8(2)11-7-14-15-12(11)9-3-5-10(13)6-4-9/h3-8H,1-2H3. The summed E-state index contributed by atoms with van der Waals surface area (Å²) in [6.07, 6.45) is 1.90. The van der Waals surface area contributed by atoms with Crippen molar-refractivity contribution in [3.05, 3.63) is 41.8 Å². The summed E-state index contributed by atoms with van der Waals surface area (Å²) in [6, 6.07) is 6.57. The molecule has 0 saturated carbocycles. The van der Waals surface area contributed by atoms with Crippen molar-refractivity contribution in [2.45, 2.75) is 19.8 Å². The van der Waals surface area contributed by atoms with Gasteiger partial charge >= 0.3 is 0 Å². The molecule has 0 N–H and O–H groups in total. The molecule has 0 bridgehead atoms. The van der Waals surface area contributed by atoms with E-state index in [0.29, 0.717) is 5.92 Å². The minimum Gasteiger partial charge on any atom is -0.207 e. The maximum Gasteiger partial charge on any atom is 0.123 e. The molecule has 0 aliphatic heterocycles. The normalized spacial score (nSPS) is 10.9. The van der Waals surface area contributed by atoms with E-state index < -0.39 is 0 Å². The predicted molar refractivity (Wildman–Crippen MR) is 61.6 cm³/mol. The van der Waals surface area contributed by atoms with Gasteiger partial charge in [0, 0.05) is 6.20 Å². The molecule has 0 atom stereocenters. The first kappa shape index (κ1) is 10.3. The summed E-state index contributed by atoms with van der Waals surface area (Å²) in [5.41, 5.74) is 2.27. The molecule has 78 valence electrons. The van der Waals surface area contributed by atoms with Gasteiger partial charge in [0.05, 0.1) is 4.88 Å². The number of halogens is 1. The first-order valence-electron chi connectivity index (χ1n) is 4.89. The Morgan fingerprint density at radius 2 is 1.87 bits per heavy atom. The number of rotatable bonds is 2. The smallest absolute Gasteiger partial charge is 0.123 e. The van der Waals surface area contributed by atoms with Gasteiger partial charge in [0.2, 0.25) is 0 Å². The lowest BCUT2D eigenvalue weighted by Crippen LogP contribution is -1.86.